The Morgan fingerprint density at radius 2 is 2.06 bits per heavy atom. The fourth-order valence-electron chi connectivity index (χ4n) is 3.02. The quantitative estimate of drug-likeness (QED) is 0.323. The van der Waals surface area contributed by atoms with E-state index in [0.717, 1.165) is 34.0 Å². The normalized spacial score (nSPS) is 12.5. The van der Waals surface area contributed by atoms with Gasteiger partial charge < -0.3 is 25.6 Å². The van der Waals surface area contributed by atoms with E-state index in [-0.39, 0.29) is 18.0 Å². The summed E-state index contributed by atoms with van der Waals surface area (Å²) in [7, 11) is 0. The number of aryl methyl sites for hydroxylation is 1. The van der Waals surface area contributed by atoms with Gasteiger partial charge in [0.1, 0.15) is 10.7 Å². The fraction of sp³-hybridized carbons (Fsp3) is 0.333. The number of benzene rings is 1. The standard InChI is InChI=1S/C16H18F2N2O2S.C8H8N2O3/c1-9-14(7-19)23-15(20-9)11-4-5-12(22-16(17)18)13(6-11)21-8-10-2-3-10;11-5-9-4-6-2-1-3-7(10-6)8(12)13/h4-6,10,16H,2-3,7-8,19H2,1H3;1-3,5H,4H2,(H,9,11)(H,12,13). The van der Waals surface area contributed by atoms with Crippen molar-refractivity contribution in [3.05, 3.63) is 58.4 Å². The third-order valence-electron chi connectivity index (χ3n) is 5.05. The van der Waals surface area contributed by atoms with Crippen LogP contribution in [-0.4, -0.2) is 40.7 Å². The lowest BCUT2D eigenvalue weighted by Crippen LogP contribution is -2.12. The predicted octanol–water partition coefficient (Wildman–Crippen LogP) is 3.99. The third-order valence-corrected chi connectivity index (χ3v) is 6.28. The van der Waals surface area contributed by atoms with Crippen molar-refractivity contribution in [3.63, 3.8) is 0 Å². The van der Waals surface area contributed by atoms with Gasteiger partial charge in [-0.15, -0.1) is 11.3 Å². The van der Waals surface area contributed by atoms with Gasteiger partial charge in [0.25, 0.3) is 0 Å². The van der Waals surface area contributed by atoms with Gasteiger partial charge in [0, 0.05) is 17.0 Å². The molecule has 4 N–H and O–H groups in total. The molecule has 2 heterocycles. The molecule has 3 aromatic rings. The van der Waals surface area contributed by atoms with E-state index in [1.165, 1.54) is 23.5 Å². The number of hydrogen-bond donors (Lipinski definition) is 3. The van der Waals surface area contributed by atoms with Crippen molar-refractivity contribution >= 4 is 23.7 Å². The van der Waals surface area contributed by atoms with Crippen LogP contribution in [0.25, 0.3) is 10.6 Å². The first-order valence-electron chi connectivity index (χ1n) is 11.0. The minimum atomic E-state index is -2.88. The van der Waals surface area contributed by atoms with Crippen molar-refractivity contribution in [2.24, 2.45) is 11.7 Å². The second-order valence-electron chi connectivity index (χ2n) is 7.84. The van der Waals surface area contributed by atoms with Gasteiger partial charge >= 0.3 is 12.6 Å². The maximum Gasteiger partial charge on any atom is 0.387 e. The lowest BCUT2D eigenvalue weighted by atomic mass is 10.2. The number of hydrogen-bond acceptors (Lipinski definition) is 8. The molecule has 1 amide bonds. The van der Waals surface area contributed by atoms with Crippen LogP contribution < -0.4 is 20.5 Å². The van der Waals surface area contributed by atoms with Gasteiger partial charge in [-0.3, -0.25) is 4.79 Å². The molecule has 1 fully saturated rings. The molecule has 1 saturated carbocycles. The van der Waals surface area contributed by atoms with Crippen LogP contribution in [-0.2, 0) is 17.9 Å². The number of aromatic carboxylic acids is 1. The molecule has 0 spiro atoms. The van der Waals surface area contributed by atoms with Crippen LogP contribution in [0.2, 0.25) is 0 Å². The largest absolute Gasteiger partial charge is 0.489 e. The summed E-state index contributed by atoms with van der Waals surface area (Å²) in [6.07, 6.45) is 2.78. The van der Waals surface area contributed by atoms with Crippen LogP contribution in [0, 0.1) is 12.8 Å². The number of nitrogens with zero attached hydrogens (tertiary/aromatic N) is 2. The lowest BCUT2D eigenvalue weighted by molar-refractivity contribution is -0.109. The van der Waals surface area contributed by atoms with Crippen LogP contribution in [0.3, 0.4) is 0 Å². The summed E-state index contributed by atoms with van der Waals surface area (Å²) >= 11 is 1.50. The fourth-order valence-corrected chi connectivity index (χ4v) is 3.96. The number of aromatic nitrogens is 2. The molecule has 1 aliphatic rings. The molecule has 0 aliphatic heterocycles. The van der Waals surface area contributed by atoms with E-state index < -0.39 is 12.6 Å². The number of amides is 1. The van der Waals surface area contributed by atoms with E-state index >= 15 is 0 Å². The number of carboxylic acid groups (broad SMARTS) is 1. The monoisotopic (exact) mass is 520 g/mol. The van der Waals surface area contributed by atoms with Crippen molar-refractivity contribution < 1.29 is 33.0 Å². The van der Waals surface area contributed by atoms with Crippen molar-refractivity contribution in [2.75, 3.05) is 6.61 Å². The molecule has 0 bridgehead atoms. The molecule has 1 aliphatic carbocycles. The Hall–Kier alpha value is -3.64. The van der Waals surface area contributed by atoms with Crippen LogP contribution in [0.4, 0.5) is 8.78 Å². The van der Waals surface area contributed by atoms with Gasteiger partial charge in [0.05, 0.1) is 24.5 Å². The number of rotatable bonds is 11. The average molecular weight is 521 g/mol. The highest BCUT2D eigenvalue weighted by Gasteiger charge is 2.23. The highest BCUT2D eigenvalue weighted by atomic mass is 32.1. The second kappa shape index (κ2) is 12.9. The molecule has 0 saturated heterocycles. The summed E-state index contributed by atoms with van der Waals surface area (Å²) in [5.74, 6) is -0.175. The van der Waals surface area contributed by atoms with Crippen molar-refractivity contribution in [2.45, 2.75) is 39.5 Å². The molecular weight excluding hydrogens is 494 g/mol. The number of ether oxygens (including phenoxy) is 2. The summed E-state index contributed by atoms with van der Waals surface area (Å²) < 4.78 is 35.3. The first kappa shape index (κ1) is 27.0. The van der Waals surface area contributed by atoms with Crippen molar-refractivity contribution in [1.82, 2.24) is 15.3 Å². The lowest BCUT2D eigenvalue weighted by Gasteiger charge is -2.13. The first-order chi connectivity index (χ1) is 17.3. The predicted molar refractivity (Wildman–Crippen MR) is 129 cm³/mol. The zero-order valence-corrected chi connectivity index (χ0v) is 20.3. The smallest absolute Gasteiger partial charge is 0.387 e. The minimum Gasteiger partial charge on any atom is -0.489 e. The zero-order valence-electron chi connectivity index (χ0n) is 19.4. The SMILES string of the molecule is Cc1nc(-c2ccc(OC(F)F)c(OCC3CC3)c2)sc1CN.O=CNCc1cccc(C(=O)O)n1. The Balaban J connectivity index is 0.000000236. The van der Waals surface area contributed by atoms with E-state index in [1.807, 2.05) is 6.92 Å². The van der Waals surface area contributed by atoms with Gasteiger partial charge in [0.15, 0.2) is 11.5 Å². The summed E-state index contributed by atoms with van der Waals surface area (Å²) in [6.45, 7) is 0.218. The number of nitrogens with one attached hydrogen (secondary N) is 1. The van der Waals surface area contributed by atoms with E-state index in [1.54, 1.807) is 24.3 Å². The van der Waals surface area contributed by atoms with E-state index in [4.69, 9.17) is 15.6 Å². The summed E-state index contributed by atoms with van der Waals surface area (Å²) in [6, 6.07) is 9.54. The number of nitrogens with two attached hydrogens (primary N) is 1. The van der Waals surface area contributed by atoms with Crippen molar-refractivity contribution in [3.8, 4) is 22.1 Å². The Labute approximate surface area is 210 Å². The maximum absolute atomic E-state index is 12.5. The number of halogens is 2. The summed E-state index contributed by atoms with van der Waals surface area (Å²) in [5.41, 5.74) is 7.88. The minimum absolute atomic E-state index is 0.0230. The molecule has 0 radical (unpaired) electrons. The third kappa shape index (κ3) is 7.95. The number of carboxylic acids is 1. The van der Waals surface area contributed by atoms with Crippen LogP contribution in [0.15, 0.2) is 36.4 Å². The molecule has 36 heavy (non-hydrogen) atoms. The van der Waals surface area contributed by atoms with Gasteiger partial charge in [-0.2, -0.15) is 8.78 Å². The molecule has 12 heteroatoms. The Kier molecular flexibility index (Phi) is 9.65. The highest BCUT2D eigenvalue weighted by molar-refractivity contribution is 7.15. The molecule has 1 aromatic carbocycles. The average Bonchev–Trinajstić information content (AvgIpc) is 3.62. The number of pyridine rings is 1. The molecule has 2 aromatic heterocycles. The number of alkyl halides is 2. The highest BCUT2D eigenvalue weighted by Crippen LogP contribution is 2.37. The van der Waals surface area contributed by atoms with Gasteiger partial charge in [-0.25, -0.2) is 14.8 Å². The summed E-state index contributed by atoms with van der Waals surface area (Å²) in [4.78, 5) is 29.7. The van der Waals surface area contributed by atoms with Crippen LogP contribution >= 0.6 is 11.3 Å². The van der Waals surface area contributed by atoms with Crippen LogP contribution in [0.5, 0.6) is 11.5 Å². The Morgan fingerprint density at radius 1 is 1.28 bits per heavy atom. The number of carbonyl (C=O) groups is 2. The Morgan fingerprint density at radius 3 is 2.67 bits per heavy atom. The van der Waals surface area contributed by atoms with Crippen LogP contribution in [0.1, 0.15) is 39.6 Å². The van der Waals surface area contributed by atoms with E-state index in [0.29, 0.717) is 36.9 Å². The second-order valence-corrected chi connectivity index (χ2v) is 8.93. The maximum atomic E-state index is 12.5. The Bertz CT molecular complexity index is 1190. The topological polar surface area (TPSA) is 137 Å². The summed E-state index contributed by atoms with van der Waals surface area (Å²) in [5, 5.41) is 11.8. The number of carbonyl (C=O) groups excluding carboxylic acids is 1. The van der Waals surface area contributed by atoms with E-state index in [2.05, 4.69) is 20.0 Å². The van der Waals surface area contributed by atoms with Gasteiger partial charge in [-0.1, -0.05) is 6.07 Å². The van der Waals surface area contributed by atoms with E-state index in [9.17, 15) is 18.4 Å². The molecular formula is C24H26F2N4O5S. The van der Waals surface area contributed by atoms with Gasteiger partial charge in [-0.05, 0) is 56.0 Å². The molecule has 4 rings (SSSR count). The zero-order chi connectivity index (χ0) is 26.1. The number of thiazole rings is 1. The molecule has 0 unspecified atom stereocenters. The molecule has 0 atom stereocenters. The molecule has 9 nitrogen and oxygen atoms in total. The van der Waals surface area contributed by atoms with Gasteiger partial charge in [0.2, 0.25) is 6.41 Å². The van der Waals surface area contributed by atoms with Crippen molar-refractivity contribution in [1.29, 1.82) is 0 Å². The first-order valence-corrected chi connectivity index (χ1v) is 11.9. The molecule has 192 valence electrons.